The van der Waals surface area contributed by atoms with Gasteiger partial charge in [-0.25, -0.2) is 0 Å². The number of fused-ring (bicyclic) bond motifs is 1. The Morgan fingerprint density at radius 2 is 2.00 bits per heavy atom. The Morgan fingerprint density at radius 1 is 1.38 bits per heavy atom. The molecule has 1 aromatic rings. The predicted octanol–water partition coefficient (Wildman–Crippen LogP) is 3.10. The molecular formula is C19H24N2O2Y-2. The molecule has 0 aliphatic carbocycles. The van der Waals surface area contributed by atoms with Crippen LogP contribution >= 0.6 is 0 Å². The van der Waals surface area contributed by atoms with Crippen LogP contribution in [0.5, 0.6) is 0 Å². The van der Waals surface area contributed by atoms with Crippen LogP contribution in [-0.4, -0.2) is 22.8 Å². The summed E-state index contributed by atoms with van der Waals surface area (Å²) in [5.74, 6) is -0.207. The van der Waals surface area contributed by atoms with Crippen LogP contribution in [0.25, 0.3) is 0 Å². The van der Waals surface area contributed by atoms with Gasteiger partial charge in [0.1, 0.15) is 6.04 Å². The minimum Gasteiger partial charge on any atom is -0.338 e. The van der Waals surface area contributed by atoms with Gasteiger partial charge in [0.05, 0.1) is 0 Å². The molecule has 1 N–H and O–H groups in total. The van der Waals surface area contributed by atoms with Crippen molar-refractivity contribution in [1.82, 2.24) is 10.2 Å². The maximum Gasteiger partial charge on any atom is 0.246 e. The minimum atomic E-state index is -0.385. The average Bonchev–Trinajstić information content (AvgIpc) is 2.75. The zero-order valence-corrected chi connectivity index (χ0v) is 17.5. The molecule has 0 saturated carbocycles. The molecule has 1 saturated heterocycles. The van der Waals surface area contributed by atoms with Crippen LogP contribution in [0, 0.1) is 18.4 Å². The van der Waals surface area contributed by atoms with Gasteiger partial charge in [-0.2, -0.15) is 29.7 Å². The molecule has 4 nitrogen and oxygen atoms in total. The predicted molar refractivity (Wildman–Crippen MR) is 90.3 cm³/mol. The van der Waals surface area contributed by atoms with Crippen molar-refractivity contribution in [2.45, 2.75) is 46.2 Å². The van der Waals surface area contributed by atoms with E-state index < -0.39 is 0 Å². The first-order valence-corrected chi connectivity index (χ1v) is 7.81. The van der Waals surface area contributed by atoms with Crippen LogP contribution in [0.15, 0.2) is 30.5 Å². The Labute approximate surface area is 169 Å². The fraction of sp³-hybridized carbons (Fsp3) is 0.421. The summed E-state index contributed by atoms with van der Waals surface area (Å²) in [5.41, 5.74) is 2.52. The van der Waals surface area contributed by atoms with Crippen molar-refractivity contribution in [2.75, 3.05) is 0 Å². The van der Waals surface area contributed by atoms with Crippen LogP contribution < -0.4 is 5.32 Å². The maximum atomic E-state index is 12.2. The Balaban J connectivity index is 0.000000425. The number of carbonyl (C=O) groups excluding carboxylic acids is 2. The molecule has 2 amide bonds. The monoisotopic (exact) mass is 401 g/mol. The molecule has 1 atom stereocenters. The van der Waals surface area contributed by atoms with E-state index >= 15 is 0 Å². The molecule has 0 bridgehead atoms. The normalized spacial score (nSPS) is 19.8. The zero-order valence-electron chi connectivity index (χ0n) is 14.7. The molecule has 5 heteroatoms. The van der Waals surface area contributed by atoms with Gasteiger partial charge in [-0.15, -0.1) is 5.56 Å². The molecule has 2 heterocycles. The third-order valence-corrected chi connectivity index (χ3v) is 3.46. The van der Waals surface area contributed by atoms with Crippen molar-refractivity contribution in [3.8, 4) is 0 Å². The van der Waals surface area contributed by atoms with E-state index in [0.29, 0.717) is 18.5 Å². The molecular weight excluding hydrogens is 377 g/mol. The summed E-state index contributed by atoms with van der Waals surface area (Å²) >= 11 is 0. The first-order valence-electron chi connectivity index (χ1n) is 7.81. The van der Waals surface area contributed by atoms with Gasteiger partial charge in [0.15, 0.2) is 5.91 Å². The molecule has 2 aliphatic heterocycles. The van der Waals surface area contributed by atoms with Crippen molar-refractivity contribution in [3.05, 3.63) is 54.6 Å². The summed E-state index contributed by atoms with van der Waals surface area (Å²) in [4.78, 5) is 25.8. The van der Waals surface area contributed by atoms with Crippen LogP contribution in [-0.2, 0) is 44.0 Å². The van der Waals surface area contributed by atoms with E-state index in [9.17, 15) is 9.59 Å². The van der Waals surface area contributed by atoms with Gasteiger partial charge in [-0.05, 0) is 12.8 Å². The molecule has 1 aromatic carbocycles. The van der Waals surface area contributed by atoms with Crippen LogP contribution in [0.2, 0.25) is 0 Å². The number of benzene rings is 1. The summed E-state index contributed by atoms with van der Waals surface area (Å²) in [5, 5.41) is 2.72. The summed E-state index contributed by atoms with van der Waals surface area (Å²) in [7, 11) is 0. The smallest absolute Gasteiger partial charge is 0.246 e. The van der Waals surface area contributed by atoms with E-state index in [1.54, 1.807) is 23.1 Å². The number of rotatable bonds is 1. The molecule has 2 aliphatic rings. The topological polar surface area (TPSA) is 49.4 Å². The van der Waals surface area contributed by atoms with E-state index in [1.165, 1.54) is 0 Å². The van der Waals surface area contributed by atoms with Crippen molar-refractivity contribution >= 4 is 11.8 Å². The molecule has 0 aromatic heterocycles. The Morgan fingerprint density at radius 3 is 2.54 bits per heavy atom. The third-order valence-electron chi connectivity index (χ3n) is 3.46. The van der Waals surface area contributed by atoms with Gasteiger partial charge in [0.25, 0.3) is 0 Å². The molecule has 1 fully saturated rings. The molecule has 0 spiro atoms. The number of amides is 2. The first-order chi connectivity index (χ1) is 10.7. The number of piperidine rings is 1. The van der Waals surface area contributed by atoms with Crippen LogP contribution in [0.3, 0.4) is 0 Å². The summed E-state index contributed by atoms with van der Waals surface area (Å²) < 4.78 is 0. The van der Waals surface area contributed by atoms with Gasteiger partial charge < -0.3 is 17.1 Å². The van der Waals surface area contributed by atoms with E-state index in [-0.39, 0.29) is 56.0 Å². The Kier molecular flexibility index (Phi) is 7.36. The third kappa shape index (κ3) is 5.52. The second-order valence-corrected chi connectivity index (χ2v) is 7.20. The second kappa shape index (κ2) is 8.40. The van der Waals surface area contributed by atoms with E-state index in [4.69, 9.17) is 0 Å². The van der Waals surface area contributed by atoms with Crippen LogP contribution in [0.4, 0.5) is 0 Å². The minimum absolute atomic E-state index is 0. The molecule has 3 rings (SSSR count). The van der Waals surface area contributed by atoms with Gasteiger partial charge in [0, 0.05) is 45.0 Å². The SMILES string of the molecule is C=C1CCC(N2Cc3[c-]cccc3C2=O)C(=O)N1.[CH2-]C(C)(C)C.[Y]. The summed E-state index contributed by atoms with van der Waals surface area (Å²) in [6.07, 6.45) is 1.37. The van der Waals surface area contributed by atoms with Crippen molar-refractivity contribution in [1.29, 1.82) is 0 Å². The van der Waals surface area contributed by atoms with Crippen LogP contribution in [0.1, 0.15) is 49.5 Å². The van der Waals surface area contributed by atoms with Crippen molar-refractivity contribution < 1.29 is 42.3 Å². The fourth-order valence-corrected chi connectivity index (χ4v) is 2.51. The van der Waals surface area contributed by atoms with Gasteiger partial charge in [0.2, 0.25) is 5.91 Å². The van der Waals surface area contributed by atoms with Gasteiger partial charge in [-0.1, -0.05) is 32.9 Å². The fourth-order valence-electron chi connectivity index (χ4n) is 2.51. The number of hydrogen-bond acceptors (Lipinski definition) is 2. The second-order valence-electron chi connectivity index (χ2n) is 7.20. The molecule has 1 radical (unpaired) electrons. The number of allylic oxidation sites excluding steroid dienone is 1. The number of hydrogen-bond donors (Lipinski definition) is 1. The summed E-state index contributed by atoms with van der Waals surface area (Å²) in [6, 6.07) is 8.05. The quantitative estimate of drug-likeness (QED) is 0.736. The molecule has 127 valence electrons. The number of nitrogens with zero attached hydrogens (tertiary/aromatic N) is 1. The zero-order chi connectivity index (χ0) is 17.2. The van der Waals surface area contributed by atoms with E-state index in [1.807, 2.05) is 0 Å². The largest absolute Gasteiger partial charge is 0.338 e. The Bertz CT molecular complexity index is 628. The van der Waals surface area contributed by atoms with Crippen molar-refractivity contribution in [3.63, 3.8) is 0 Å². The molecule has 24 heavy (non-hydrogen) atoms. The van der Waals surface area contributed by atoms with Gasteiger partial charge in [-0.3, -0.25) is 9.59 Å². The standard InChI is InChI=1S/C14H13N2O2.C5H11.Y/c1-9-6-7-12(13(17)15-9)16-8-10-4-2-3-5-11(10)14(16)18;1-5(2,3)4;/h2-3,5,12H,1,6-8H2,(H,15,17);1H2,2-4H3;/q2*-1;. The number of nitrogens with one attached hydrogen (secondary N) is 1. The van der Waals surface area contributed by atoms with E-state index in [0.717, 1.165) is 17.7 Å². The summed E-state index contributed by atoms with van der Waals surface area (Å²) in [6.45, 7) is 14.2. The maximum absolute atomic E-state index is 12.2. The van der Waals surface area contributed by atoms with Gasteiger partial charge >= 0.3 is 0 Å². The average molecular weight is 401 g/mol. The number of carbonyl (C=O) groups is 2. The first kappa shape index (κ1) is 21.0. The Hall–Kier alpha value is -0.996. The molecule has 1 unspecified atom stereocenters. The van der Waals surface area contributed by atoms with Crippen molar-refractivity contribution in [2.24, 2.45) is 5.41 Å². The van der Waals surface area contributed by atoms with E-state index in [2.05, 4.69) is 45.7 Å².